The molecule has 0 aliphatic rings. The molecule has 0 amide bonds. The highest BCUT2D eigenvalue weighted by molar-refractivity contribution is 5.85. The Bertz CT molecular complexity index is 264. The van der Waals surface area contributed by atoms with Gasteiger partial charge in [0.05, 0.1) is 12.8 Å². The van der Waals surface area contributed by atoms with Gasteiger partial charge in [0.1, 0.15) is 12.3 Å². The maximum Gasteiger partial charge on any atom is 0.323 e. The van der Waals surface area contributed by atoms with Crippen molar-refractivity contribution in [2.24, 2.45) is 5.73 Å². The largest absolute Gasteiger partial charge is 0.465 e. The molecule has 0 saturated heterocycles. The Balaban J connectivity index is 0.00000169. The zero-order chi connectivity index (χ0) is 9.68. The summed E-state index contributed by atoms with van der Waals surface area (Å²) in [5, 5.41) is 3.50. The van der Waals surface area contributed by atoms with Crippen LogP contribution in [0.4, 0.5) is 0 Å². The van der Waals surface area contributed by atoms with E-state index >= 15 is 0 Å². The van der Waals surface area contributed by atoms with Crippen molar-refractivity contribution >= 4 is 18.4 Å². The van der Waals surface area contributed by atoms with Gasteiger partial charge in [-0.1, -0.05) is 5.16 Å². The third-order valence-electron chi connectivity index (χ3n) is 1.53. The highest BCUT2D eigenvalue weighted by Gasteiger charge is 2.15. The van der Waals surface area contributed by atoms with E-state index in [1.807, 2.05) is 0 Å². The van der Waals surface area contributed by atoms with Gasteiger partial charge in [-0.25, -0.2) is 0 Å². The monoisotopic (exact) mass is 220 g/mol. The van der Waals surface area contributed by atoms with E-state index in [1.54, 1.807) is 6.92 Å². The Kier molecular flexibility index (Phi) is 5.91. The molecule has 1 heterocycles. The van der Waals surface area contributed by atoms with Gasteiger partial charge in [0.25, 0.3) is 0 Å². The molecule has 1 atom stereocenters. The number of esters is 1. The maximum atomic E-state index is 11.1. The van der Waals surface area contributed by atoms with Crippen molar-refractivity contribution in [2.45, 2.75) is 19.4 Å². The third-order valence-corrected chi connectivity index (χ3v) is 1.53. The molecule has 0 saturated carbocycles. The van der Waals surface area contributed by atoms with Crippen LogP contribution in [0.5, 0.6) is 0 Å². The molecule has 0 spiro atoms. The predicted molar refractivity (Wildman–Crippen MR) is 52.1 cm³/mol. The highest BCUT2D eigenvalue weighted by Crippen LogP contribution is 2.01. The number of rotatable bonds is 4. The number of halogens is 1. The number of aromatic nitrogens is 1. The average molecular weight is 221 g/mol. The van der Waals surface area contributed by atoms with Gasteiger partial charge in [0.15, 0.2) is 0 Å². The lowest BCUT2D eigenvalue weighted by molar-refractivity contribution is -0.144. The first kappa shape index (κ1) is 12.9. The summed E-state index contributed by atoms with van der Waals surface area (Å²) in [5.74, 6) is -0.399. The van der Waals surface area contributed by atoms with E-state index in [0.29, 0.717) is 13.0 Å². The van der Waals surface area contributed by atoms with Crippen LogP contribution in [0.25, 0.3) is 0 Å². The van der Waals surface area contributed by atoms with Gasteiger partial charge in [-0.3, -0.25) is 4.79 Å². The number of carbonyl (C=O) groups is 1. The molecule has 1 rings (SSSR count). The van der Waals surface area contributed by atoms with Crippen LogP contribution in [0.3, 0.4) is 0 Å². The Morgan fingerprint density at radius 3 is 3.00 bits per heavy atom. The molecule has 0 bridgehead atoms. The lowest BCUT2D eigenvalue weighted by Gasteiger charge is -2.07. The molecule has 0 aliphatic heterocycles. The summed E-state index contributed by atoms with van der Waals surface area (Å²) in [6.45, 7) is 2.08. The second kappa shape index (κ2) is 6.39. The fraction of sp³-hybridized carbons (Fsp3) is 0.500. The fourth-order valence-corrected chi connectivity index (χ4v) is 0.914. The SMILES string of the molecule is CCOC(=O)C(N)Cc1cnoc1.Cl. The predicted octanol–water partition coefficient (Wildman–Crippen LogP) is 0.529. The van der Waals surface area contributed by atoms with Gasteiger partial charge in [0.2, 0.25) is 0 Å². The van der Waals surface area contributed by atoms with Crippen LogP contribution >= 0.6 is 12.4 Å². The minimum atomic E-state index is -0.639. The van der Waals surface area contributed by atoms with Crippen molar-refractivity contribution < 1.29 is 14.1 Å². The summed E-state index contributed by atoms with van der Waals surface area (Å²) in [4.78, 5) is 11.1. The zero-order valence-electron chi connectivity index (χ0n) is 7.80. The number of hydrogen-bond donors (Lipinski definition) is 1. The number of hydrogen-bond acceptors (Lipinski definition) is 5. The lowest BCUT2D eigenvalue weighted by Crippen LogP contribution is -2.34. The molecule has 0 aliphatic carbocycles. The molecule has 0 fully saturated rings. The zero-order valence-corrected chi connectivity index (χ0v) is 8.62. The van der Waals surface area contributed by atoms with Crippen molar-refractivity contribution in [2.75, 3.05) is 6.61 Å². The van der Waals surface area contributed by atoms with Crippen LogP contribution in [0.1, 0.15) is 12.5 Å². The molecule has 2 N–H and O–H groups in total. The first-order valence-corrected chi connectivity index (χ1v) is 4.04. The Hall–Kier alpha value is -1.07. The van der Waals surface area contributed by atoms with E-state index in [0.717, 1.165) is 5.56 Å². The van der Waals surface area contributed by atoms with Crippen LogP contribution in [-0.4, -0.2) is 23.8 Å². The minimum absolute atomic E-state index is 0. The number of ether oxygens (including phenoxy) is 1. The van der Waals surface area contributed by atoms with Crippen molar-refractivity contribution in [3.05, 3.63) is 18.0 Å². The summed E-state index contributed by atoms with van der Waals surface area (Å²) in [6, 6.07) is -0.639. The molecule has 0 radical (unpaired) electrons. The second-order valence-corrected chi connectivity index (χ2v) is 2.60. The molecule has 80 valence electrons. The smallest absolute Gasteiger partial charge is 0.323 e. The topological polar surface area (TPSA) is 78.4 Å². The first-order valence-electron chi connectivity index (χ1n) is 4.04. The summed E-state index contributed by atoms with van der Waals surface area (Å²) in [6.07, 6.45) is 3.38. The van der Waals surface area contributed by atoms with Gasteiger partial charge in [-0.05, 0) is 6.92 Å². The van der Waals surface area contributed by atoms with Gasteiger partial charge >= 0.3 is 5.97 Å². The Labute approximate surface area is 88.0 Å². The van der Waals surface area contributed by atoms with E-state index in [1.165, 1.54) is 12.5 Å². The highest BCUT2D eigenvalue weighted by atomic mass is 35.5. The number of nitrogens with zero attached hydrogens (tertiary/aromatic N) is 1. The molecule has 1 aromatic heterocycles. The standard InChI is InChI=1S/C8H12N2O3.ClH/c1-2-12-8(11)7(9)3-6-4-10-13-5-6;/h4-5,7H,2-3,9H2,1H3;1H. The second-order valence-electron chi connectivity index (χ2n) is 2.60. The molecule has 14 heavy (non-hydrogen) atoms. The molecule has 0 aromatic carbocycles. The van der Waals surface area contributed by atoms with Crippen LogP contribution in [0.15, 0.2) is 17.0 Å². The van der Waals surface area contributed by atoms with Gasteiger partial charge in [-0.15, -0.1) is 12.4 Å². The quantitative estimate of drug-likeness (QED) is 0.749. The lowest BCUT2D eigenvalue weighted by atomic mass is 10.1. The van der Waals surface area contributed by atoms with Crippen molar-refractivity contribution in [3.63, 3.8) is 0 Å². The van der Waals surface area contributed by atoms with Crippen LogP contribution in [0.2, 0.25) is 0 Å². The van der Waals surface area contributed by atoms with Crippen LogP contribution in [-0.2, 0) is 16.0 Å². The van der Waals surface area contributed by atoms with E-state index in [-0.39, 0.29) is 12.4 Å². The van der Waals surface area contributed by atoms with Gasteiger partial charge < -0.3 is 15.0 Å². The van der Waals surface area contributed by atoms with E-state index < -0.39 is 12.0 Å². The third kappa shape index (κ3) is 3.76. The van der Waals surface area contributed by atoms with Gasteiger partial charge in [-0.2, -0.15) is 0 Å². The van der Waals surface area contributed by atoms with Crippen molar-refractivity contribution in [1.82, 2.24) is 5.16 Å². The van der Waals surface area contributed by atoms with Crippen molar-refractivity contribution in [1.29, 1.82) is 0 Å². The first-order chi connectivity index (χ1) is 6.24. The summed E-state index contributed by atoms with van der Waals surface area (Å²) < 4.78 is 9.33. The van der Waals surface area contributed by atoms with Crippen LogP contribution < -0.4 is 5.73 Å². The minimum Gasteiger partial charge on any atom is -0.465 e. The summed E-state index contributed by atoms with van der Waals surface area (Å²) >= 11 is 0. The maximum absolute atomic E-state index is 11.1. The van der Waals surface area contributed by atoms with Crippen molar-refractivity contribution in [3.8, 4) is 0 Å². The normalized spacial score (nSPS) is 11.6. The average Bonchev–Trinajstić information content (AvgIpc) is 2.57. The van der Waals surface area contributed by atoms with Gasteiger partial charge in [0, 0.05) is 12.0 Å². The molecular weight excluding hydrogens is 208 g/mol. The molecular formula is C8H13ClN2O3. The van der Waals surface area contributed by atoms with E-state index in [4.69, 9.17) is 10.5 Å². The number of nitrogens with two attached hydrogens (primary N) is 1. The molecule has 1 unspecified atom stereocenters. The summed E-state index contributed by atoms with van der Waals surface area (Å²) in [7, 11) is 0. The fourth-order valence-electron chi connectivity index (χ4n) is 0.914. The summed E-state index contributed by atoms with van der Waals surface area (Å²) in [5.41, 5.74) is 6.34. The molecule has 6 heteroatoms. The van der Waals surface area contributed by atoms with Crippen LogP contribution in [0, 0.1) is 0 Å². The molecule has 5 nitrogen and oxygen atoms in total. The van der Waals surface area contributed by atoms with E-state index in [2.05, 4.69) is 9.68 Å². The Morgan fingerprint density at radius 1 is 1.79 bits per heavy atom. The molecule has 1 aromatic rings. The number of carbonyl (C=O) groups excluding carboxylic acids is 1. The van der Waals surface area contributed by atoms with E-state index in [9.17, 15) is 4.79 Å². The Morgan fingerprint density at radius 2 is 2.50 bits per heavy atom.